The number of fused-ring (bicyclic) bond motifs is 1. The van der Waals surface area contributed by atoms with Gasteiger partial charge in [-0.15, -0.1) is 11.8 Å². The Morgan fingerprint density at radius 2 is 1.94 bits per heavy atom. The third-order valence-corrected chi connectivity index (χ3v) is 7.59. The van der Waals surface area contributed by atoms with E-state index in [1.165, 1.54) is 0 Å². The average Bonchev–Trinajstić information content (AvgIpc) is 3.25. The second kappa shape index (κ2) is 9.52. The Bertz CT molecular complexity index is 1040. The molecule has 0 aliphatic carbocycles. The lowest BCUT2D eigenvalue weighted by molar-refractivity contribution is 0.0627. The quantitative estimate of drug-likeness (QED) is 0.584. The van der Waals surface area contributed by atoms with Gasteiger partial charge in [0.2, 0.25) is 0 Å². The molecule has 2 saturated heterocycles. The van der Waals surface area contributed by atoms with Crippen molar-refractivity contribution in [3.8, 4) is 0 Å². The van der Waals surface area contributed by atoms with Gasteiger partial charge in [0.15, 0.2) is 5.65 Å². The van der Waals surface area contributed by atoms with Gasteiger partial charge in [0, 0.05) is 42.5 Å². The summed E-state index contributed by atoms with van der Waals surface area (Å²) in [5.74, 6) is 0.515. The van der Waals surface area contributed by atoms with E-state index in [2.05, 4.69) is 37.8 Å². The molecular weight excluding hydrogens is 438 g/mol. The molecule has 2 aliphatic rings. The summed E-state index contributed by atoms with van der Waals surface area (Å²) in [4.78, 5) is 35.4. The van der Waals surface area contributed by atoms with Crippen molar-refractivity contribution < 1.29 is 14.3 Å². The number of hydrogen-bond donors (Lipinski definition) is 0. The van der Waals surface area contributed by atoms with Crippen molar-refractivity contribution >= 4 is 34.8 Å². The fourth-order valence-corrected chi connectivity index (χ4v) is 6.15. The summed E-state index contributed by atoms with van der Waals surface area (Å²) in [5, 5.41) is 5.82. The largest absolute Gasteiger partial charge is 0.447 e. The number of carbonyl (C=O) groups excluding carboxylic acids is 2. The molecule has 4 heterocycles. The van der Waals surface area contributed by atoms with Gasteiger partial charge in [-0.3, -0.25) is 14.4 Å². The highest BCUT2D eigenvalue weighted by molar-refractivity contribution is 8.00. The summed E-state index contributed by atoms with van der Waals surface area (Å²) in [6.07, 6.45) is 3.98. The number of pyridine rings is 1. The van der Waals surface area contributed by atoms with E-state index in [9.17, 15) is 9.59 Å². The zero-order valence-corrected chi connectivity index (χ0v) is 21.3. The number of aromatic nitrogens is 3. The number of hydrogen-bond acceptors (Lipinski definition) is 6. The van der Waals surface area contributed by atoms with Crippen molar-refractivity contribution in [3.05, 3.63) is 17.5 Å². The summed E-state index contributed by atoms with van der Waals surface area (Å²) in [7, 11) is 1.88. The summed E-state index contributed by atoms with van der Waals surface area (Å²) >= 11 is 1.69. The van der Waals surface area contributed by atoms with Crippen molar-refractivity contribution in [1.82, 2.24) is 24.6 Å². The highest BCUT2D eigenvalue weighted by atomic mass is 32.2. The van der Waals surface area contributed by atoms with E-state index in [4.69, 9.17) is 4.74 Å². The molecule has 180 valence electrons. The maximum atomic E-state index is 13.6. The molecule has 2 aromatic rings. The molecule has 0 spiro atoms. The lowest BCUT2D eigenvalue weighted by Gasteiger charge is -2.38. The minimum Gasteiger partial charge on any atom is -0.447 e. The smallest absolute Gasteiger partial charge is 0.410 e. The Labute approximate surface area is 200 Å². The number of nitrogens with zero attached hydrogens (tertiary/aromatic N) is 5. The zero-order chi connectivity index (χ0) is 23.9. The number of thioether (sulfide) groups is 1. The number of likely N-dealkylation sites (tertiary alicyclic amines) is 1. The van der Waals surface area contributed by atoms with Gasteiger partial charge in [0.25, 0.3) is 5.91 Å². The van der Waals surface area contributed by atoms with Crippen LogP contribution in [0, 0.1) is 12.8 Å². The molecule has 2 aliphatic heterocycles. The first-order valence-electron chi connectivity index (χ1n) is 11.9. The highest BCUT2D eigenvalue weighted by Gasteiger charge is 2.40. The lowest BCUT2D eigenvalue weighted by atomic mass is 9.98. The van der Waals surface area contributed by atoms with E-state index < -0.39 is 0 Å². The second-order valence-corrected chi connectivity index (χ2v) is 11.5. The predicted molar refractivity (Wildman–Crippen MR) is 130 cm³/mol. The van der Waals surface area contributed by atoms with E-state index in [1.54, 1.807) is 22.6 Å². The Morgan fingerprint density at radius 1 is 1.24 bits per heavy atom. The number of carbonyl (C=O) groups is 2. The van der Waals surface area contributed by atoms with Gasteiger partial charge in [-0.25, -0.2) is 9.78 Å². The minimum absolute atomic E-state index is 0.0111. The average molecular weight is 474 g/mol. The van der Waals surface area contributed by atoms with Crippen LogP contribution in [-0.4, -0.2) is 73.6 Å². The van der Waals surface area contributed by atoms with Crippen LogP contribution in [0.15, 0.2) is 11.1 Å². The van der Waals surface area contributed by atoms with Crippen LogP contribution in [0.4, 0.5) is 4.79 Å². The molecule has 33 heavy (non-hydrogen) atoms. The van der Waals surface area contributed by atoms with Crippen molar-refractivity contribution in [3.63, 3.8) is 0 Å². The molecule has 2 fully saturated rings. The molecule has 8 nitrogen and oxygen atoms in total. The molecule has 1 atom stereocenters. The van der Waals surface area contributed by atoms with Crippen molar-refractivity contribution in [2.45, 2.75) is 76.1 Å². The topological polar surface area (TPSA) is 80.6 Å². The van der Waals surface area contributed by atoms with Crippen LogP contribution in [0.2, 0.25) is 0 Å². The van der Waals surface area contributed by atoms with Gasteiger partial charge in [-0.1, -0.05) is 27.7 Å². The number of piperidine rings is 1. The first-order chi connectivity index (χ1) is 15.7. The van der Waals surface area contributed by atoms with E-state index in [0.717, 1.165) is 40.9 Å². The first-order valence-corrected chi connectivity index (χ1v) is 12.8. The SMILES string of the molecule is Cc1nn(C)c2ncc(C(=O)N3CCC(N4C(=O)OCC4CC(C)C)CC3)c(SC(C)C)c12. The first kappa shape index (κ1) is 23.9. The zero-order valence-electron chi connectivity index (χ0n) is 20.5. The number of rotatable bonds is 6. The number of amides is 2. The highest BCUT2D eigenvalue weighted by Crippen LogP contribution is 2.36. The van der Waals surface area contributed by atoms with Crippen molar-refractivity contribution in [2.75, 3.05) is 19.7 Å². The van der Waals surface area contributed by atoms with Crippen LogP contribution in [-0.2, 0) is 11.8 Å². The van der Waals surface area contributed by atoms with Crippen molar-refractivity contribution in [2.24, 2.45) is 13.0 Å². The van der Waals surface area contributed by atoms with Crippen LogP contribution < -0.4 is 0 Å². The minimum atomic E-state index is -0.206. The third-order valence-electron chi connectivity index (χ3n) is 6.46. The molecule has 4 rings (SSSR count). The summed E-state index contributed by atoms with van der Waals surface area (Å²) < 4.78 is 7.15. The fourth-order valence-electron chi connectivity index (χ4n) is 5.05. The van der Waals surface area contributed by atoms with Crippen LogP contribution >= 0.6 is 11.8 Å². The Hall–Kier alpha value is -2.29. The molecule has 2 aromatic heterocycles. The summed E-state index contributed by atoms with van der Waals surface area (Å²) in [6, 6.07) is 0.262. The predicted octanol–water partition coefficient (Wildman–Crippen LogP) is 4.25. The Morgan fingerprint density at radius 3 is 2.58 bits per heavy atom. The van der Waals surface area contributed by atoms with Gasteiger partial charge in [-0.2, -0.15) is 5.10 Å². The number of aryl methyl sites for hydroxylation is 2. The second-order valence-electron chi connectivity index (χ2n) is 9.87. The van der Waals surface area contributed by atoms with E-state index in [-0.39, 0.29) is 24.1 Å². The third kappa shape index (κ3) is 4.69. The fraction of sp³-hybridized carbons (Fsp3) is 0.667. The monoisotopic (exact) mass is 473 g/mol. The van der Waals surface area contributed by atoms with Gasteiger partial charge in [-0.05, 0) is 32.1 Å². The van der Waals surface area contributed by atoms with Crippen LogP contribution in [0.3, 0.4) is 0 Å². The lowest BCUT2D eigenvalue weighted by Crippen LogP contribution is -2.50. The van der Waals surface area contributed by atoms with Gasteiger partial charge in [0.05, 0.1) is 22.7 Å². The molecule has 2 amide bonds. The molecule has 0 bridgehead atoms. The van der Waals surface area contributed by atoms with Crippen LogP contribution in [0.25, 0.3) is 11.0 Å². The number of ether oxygens (including phenoxy) is 1. The molecule has 0 saturated carbocycles. The molecule has 0 radical (unpaired) electrons. The number of cyclic esters (lactones) is 1. The Balaban J connectivity index is 1.53. The molecule has 1 unspecified atom stereocenters. The molecule has 0 N–H and O–H groups in total. The van der Waals surface area contributed by atoms with Crippen LogP contribution in [0.1, 0.15) is 63.0 Å². The molecule has 0 aromatic carbocycles. The molecular formula is C24H35N5O3S. The maximum Gasteiger partial charge on any atom is 0.410 e. The standard InChI is InChI=1S/C24H35N5O3S/c1-14(2)11-18-13-32-24(31)29(18)17-7-9-28(10-8-17)23(30)19-12-25-22-20(16(5)26-27(22)6)21(19)33-15(3)4/h12,14-15,17-18H,7-11,13H2,1-6H3. The van der Waals surface area contributed by atoms with E-state index >= 15 is 0 Å². The summed E-state index contributed by atoms with van der Waals surface area (Å²) in [6.45, 7) is 12.3. The Kier molecular flexibility index (Phi) is 6.88. The van der Waals surface area contributed by atoms with Gasteiger partial charge < -0.3 is 9.64 Å². The summed E-state index contributed by atoms with van der Waals surface area (Å²) in [5.41, 5.74) is 2.34. The van der Waals surface area contributed by atoms with E-state index in [0.29, 0.717) is 36.4 Å². The van der Waals surface area contributed by atoms with E-state index in [1.807, 2.05) is 23.8 Å². The maximum absolute atomic E-state index is 13.6. The van der Waals surface area contributed by atoms with Gasteiger partial charge in [0.1, 0.15) is 6.61 Å². The van der Waals surface area contributed by atoms with Gasteiger partial charge >= 0.3 is 6.09 Å². The molecule has 9 heteroatoms. The van der Waals surface area contributed by atoms with Crippen molar-refractivity contribution in [1.29, 1.82) is 0 Å². The van der Waals surface area contributed by atoms with Crippen LogP contribution in [0.5, 0.6) is 0 Å². The normalized spacial score (nSPS) is 19.9.